The summed E-state index contributed by atoms with van der Waals surface area (Å²) in [6, 6.07) is 0. The topological polar surface area (TPSA) is 87.2 Å². The maximum Gasteiger partial charge on any atom is 0.407 e. The highest BCUT2D eigenvalue weighted by atomic mass is 16.6. The SMILES string of the molecule is CN=C(NCCNC(=O)OC(C)(C)C)NCC1(N(C)C)CCOCC1. The molecule has 1 saturated heterocycles. The van der Waals surface area contributed by atoms with Crippen LogP contribution in [0, 0.1) is 0 Å². The Labute approximate surface area is 151 Å². The number of guanidine groups is 1. The molecule has 146 valence electrons. The zero-order valence-electron chi connectivity index (χ0n) is 16.6. The van der Waals surface area contributed by atoms with E-state index >= 15 is 0 Å². The molecule has 0 radical (unpaired) electrons. The largest absolute Gasteiger partial charge is 0.444 e. The number of nitrogens with one attached hydrogen (secondary N) is 3. The van der Waals surface area contributed by atoms with Gasteiger partial charge in [-0.15, -0.1) is 0 Å². The summed E-state index contributed by atoms with van der Waals surface area (Å²) in [6.07, 6.45) is 1.57. The molecule has 1 amide bonds. The van der Waals surface area contributed by atoms with E-state index in [1.54, 1.807) is 7.05 Å². The molecule has 8 nitrogen and oxygen atoms in total. The van der Waals surface area contributed by atoms with Crippen molar-refractivity contribution in [1.29, 1.82) is 0 Å². The Kier molecular flexibility index (Phi) is 8.44. The van der Waals surface area contributed by atoms with Crippen LogP contribution in [0.15, 0.2) is 4.99 Å². The third-order valence-electron chi connectivity index (χ3n) is 4.27. The summed E-state index contributed by atoms with van der Waals surface area (Å²) in [7, 11) is 5.95. The third kappa shape index (κ3) is 7.92. The van der Waals surface area contributed by atoms with Crippen LogP contribution in [0.1, 0.15) is 33.6 Å². The normalized spacial score (nSPS) is 18.0. The van der Waals surface area contributed by atoms with Gasteiger partial charge in [0.15, 0.2) is 5.96 Å². The fourth-order valence-electron chi connectivity index (χ4n) is 2.66. The number of hydrogen-bond donors (Lipinski definition) is 3. The van der Waals surface area contributed by atoms with Gasteiger partial charge in [0.05, 0.1) is 0 Å². The summed E-state index contributed by atoms with van der Waals surface area (Å²) in [6.45, 7) is 8.91. The molecule has 3 N–H and O–H groups in total. The first-order valence-electron chi connectivity index (χ1n) is 8.85. The van der Waals surface area contributed by atoms with E-state index in [-0.39, 0.29) is 5.54 Å². The van der Waals surface area contributed by atoms with Gasteiger partial charge in [0, 0.05) is 45.4 Å². The molecule has 0 aromatic heterocycles. The number of ether oxygens (including phenoxy) is 2. The Morgan fingerprint density at radius 2 is 1.76 bits per heavy atom. The van der Waals surface area contributed by atoms with Crippen molar-refractivity contribution in [3.8, 4) is 0 Å². The van der Waals surface area contributed by atoms with E-state index in [4.69, 9.17) is 9.47 Å². The summed E-state index contributed by atoms with van der Waals surface area (Å²) in [5.41, 5.74) is -0.413. The Hall–Kier alpha value is -1.54. The molecule has 0 saturated carbocycles. The smallest absolute Gasteiger partial charge is 0.407 e. The van der Waals surface area contributed by atoms with Gasteiger partial charge in [0.1, 0.15) is 5.60 Å². The Morgan fingerprint density at radius 3 is 2.28 bits per heavy atom. The lowest BCUT2D eigenvalue weighted by molar-refractivity contribution is -0.00500. The van der Waals surface area contributed by atoms with Crippen LogP contribution in [-0.4, -0.2) is 82.1 Å². The van der Waals surface area contributed by atoms with Crippen LogP contribution in [0.25, 0.3) is 0 Å². The highest BCUT2D eigenvalue weighted by Crippen LogP contribution is 2.24. The minimum Gasteiger partial charge on any atom is -0.444 e. The molecule has 0 atom stereocenters. The van der Waals surface area contributed by atoms with Crippen LogP contribution in [0.2, 0.25) is 0 Å². The average molecular weight is 357 g/mol. The van der Waals surface area contributed by atoms with Gasteiger partial charge >= 0.3 is 6.09 Å². The van der Waals surface area contributed by atoms with Crippen LogP contribution in [0.5, 0.6) is 0 Å². The molecule has 0 spiro atoms. The van der Waals surface area contributed by atoms with Gasteiger partial charge in [-0.05, 0) is 47.7 Å². The van der Waals surface area contributed by atoms with E-state index < -0.39 is 11.7 Å². The number of amides is 1. The van der Waals surface area contributed by atoms with E-state index in [0.717, 1.165) is 38.6 Å². The monoisotopic (exact) mass is 357 g/mol. The molecular formula is C17H35N5O3. The minimum absolute atomic E-state index is 0.0740. The number of likely N-dealkylation sites (N-methyl/N-ethyl adjacent to an activating group) is 1. The lowest BCUT2D eigenvalue weighted by Crippen LogP contribution is -2.57. The van der Waals surface area contributed by atoms with Crippen molar-refractivity contribution in [3.63, 3.8) is 0 Å². The fraction of sp³-hybridized carbons (Fsp3) is 0.882. The van der Waals surface area contributed by atoms with Gasteiger partial charge in [-0.1, -0.05) is 0 Å². The van der Waals surface area contributed by atoms with Gasteiger partial charge in [-0.25, -0.2) is 4.79 Å². The van der Waals surface area contributed by atoms with E-state index in [1.165, 1.54) is 0 Å². The second-order valence-corrected chi connectivity index (χ2v) is 7.51. The first-order valence-corrected chi connectivity index (χ1v) is 8.85. The Bertz CT molecular complexity index is 440. The van der Waals surface area contributed by atoms with Gasteiger partial charge in [0.25, 0.3) is 0 Å². The molecule has 1 heterocycles. The summed E-state index contributed by atoms with van der Waals surface area (Å²) < 4.78 is 10.7. The third-order valence-corrected chi connectivity index (χ3v) is 4.27. The number of alkyl carbamates (subject to hydrolysis) is 1. The predicted octanol–water partition coefficient (Wildman–Crippen LogP) is 0.787. The van der Waals surface area contributed by atoms with Gasteiger partial charge in [0.2, 0.25) is 0 Å². The predicted molar refractivity (Wildman–Crippen MR) is 100 cm³/mol. The number of nitrogens with zero attached hydrogens (tertiary/aromatic N) is 2. The number of aliphatic imine (C=N–C) groups is 1. The van der Waals surface area contributed by atoms with Crippen molar-refractivity contribution in [1.82, 2.24) is 20.9 Å². The van der Waals surface area contributed by atoms with Gasteiger partial charge in [-0.3, -0.25) is 4.99 Å². The molecule has 25 heavy (non-hydrogen) atoms. The number of carbonyl (C=O) groups excluding carboxylic acids is 1. The lowest BCUT2D eigenvalue weighted by atomic mass is 9.88. The average Bonchev–Trinajstić information content (AvgIpc) is 2.53. The summed E-state index contributed by atoms with van der Waals surface area (Å²) in [5, 5.41) is 9.31. The van der Waals surface area contributed by atoms with Crippen molar-refractivity contribution in [2.45, 2.75) is 44.8 Å². The van der Waals surface area contributed by atoms with Crippen molar-refractivity contribution >= 4 is 12.1 Å². The van der Waals surface area contributed by atoms with Crippen LogP contribution in [-0.2, 0) is 9.47 Å². The maximum absolute atomic E-state index is 11.6. The molecule has 0 bridgehead atoms. The summed E-state index contributed by atoms with van der Waals surface area (Å²) >= 11 is 0. The van der Waals surface area contributed by atoms with E-state index in [1.807, 2.05) is 20.8 Å². The molecular weight excluding hydrogens is 322 g/mol. The second kappa shape index (κ2) is 9.82. The highest BCUT2D eigenvalue weighted by Gasteiger charge is 2.34. The van der Waals surface area contributed by atoms with Crippen LogP contribution in [0.4, 0.5) is 4.79 Å². The molecule has 0 aliphatic carbocycles. The highest BCUT2D eigenvalue weighted by molar-refractivity contribution is 5.79. The summed E-state index contributed by atoms with van der Waals surface area (Å²) in [4.78, 5) is 18.1. The van der Waals surface area contributed by atoms with Gasteiger partial charge < -0.3 is 30.3 Å². The van der Waals surface area contributed by atoms with E-state index in [0.29, 0.717) is 13.1 Å². The van der Waals surface area contributed by atoms with Crippen LogP contribution in [0.3, 0.4) is 0 Å². The van der Waals surface area contributed by atoms with Crippen molar-refractivity contribution in [2.24, 2.45) is 4.99 Å². The molecule has 1 aliphatic rings. The van der Waals surface area contributed by atoms with Crippen molar-refractivity contribution < 1.29 is 14.3 Å². The van der Waals surface area contributed by atoms with Crippen LogP contribution < -0.4 is 16.0 Å². The molecule has 0 aromatic carbocycles. The number of hydrogen-bond acceptors (Lipinski definition) is 5. The molecule has 1 aliphatic heterocycles. The minimum atomic E-state index is -0.487. The zero-order valence-corrected chi connectivity index (χ0v) is 16.6. The first kappa shape index (κ1) is 21.5. The molecule has 0 unspecified atom stereocenters. The fourth-order valence-corrected chi connectivity index (χ4v) is 2.66. The van der Waals surface area contributed by atoms with Gasteiger partial charge in [-0.2, -0.15) is 0 Å². The molecule has 1 fully saturated rings. The summed E-state index contributed by atoms with van der Waals surface area (Å²) in [5.74, 6) is 0.721. The molecule has 1 rings (SSSR count). The van der Waals surface area contributed by atoms with Crippen molar-refractivity contribution in [3.05, 3.63) is 0 Å². The Morgan fingerprint density at radius 1 is 1.16 bits per heavy atom. The van der Waals surface area contributed by atoms with E-state index in [9.17, 15) is 4.79 Å². The molecule has 0 aromatic rings. The maximum atomic E-state index is 11.6. The zero-order chi connectivity index (χ0) is 18.9. The standard InChI is InChI=1S/C17H35N5O3/c1-16(2,3)25-15(23)20-10-9-19-14(18-4)21-13-17(22(5)6)7-11-24-12-8-17/h7-13H2,1-6H3,(H,20,23)(H2,18,19,21). The van der Waals surface area contributed by atoms with E-state index in [2.05, 4.69) is 39.9 Å². The van der Waals surface area contributed by atoms with Crippen molar-refractivity contribution in [2.75, 3.05) is 54.0 Å². The quantitative estimate of drug-likeness (QED) is 0.370. The Balaban J connectivity index is 2.34. The van der Waals surface area contributed by atoms with Crippen LogP contribution >= 0.6 is 0 Å². The number of carbonyl (C=O) groups is 1. The first-order chi connectivity index (χ1) is 11.7. The second-order valence-electron chi connectivity index (χ2n) is 7.51. The molecule has 8 heteroatoms. The number of rotatable bonds is 6. The lowest BCUT2D eigenvalue weighted by Gasteiger charge is -2.43.